The lowest BCUT2D eigenvalue weighted by molar-refractivity contribution is 0.675. The summed E-state index contributed by atoms with van der Waals surface area (Å²) in [6, 6.07) is 11.2. The van der Waals surface area contributed by atoms with Gasteiger partial charge in [-0.15, -0.1) is 12.4 Å². The normalized spacial score (nSPS) is 26.8. The fourth-order valence-corrected chi connectivity index (χ4v) is 2.04. The van der Waals surface area contributed by atoms with Crippen LogP contribution in [0.1, 0.15) is 30.7 Å². The van der Waals surface area contributed by atoms with Gasteiger partial charge in [0.1, 0.15) is 0 Å². The third kappa shape index (κ3) is 2.45. The first-order valence-corrected chi connectivity index (χ1v) is 4.67. The topological polar surface area (TPSA) is 26.0 Å². The van der Waals surface area contributed by atoms with E-state index in [1.165, 1.54) is 24.8 Å². The van der Waals surface area contributed by atoms with Crippen LogP contribution in [0.2, 0.25) is 0 Å². The molecule has 0 saturated heterocycles. The second-order valence-corrected chi connectivity index (χ2v) is 3.68. The predicted octanol–water partition coefficient (Wildman–Crippen LogP) is 2.70. The van der Waals surface area contributed by atoms with E-state index in [1.54, 1.807) is 0 Å². The molecule has 0 spiro atoms. The van der Waals surface area contributed by atoms with Gasteiger partial charge in [-0.25, -0.2) is 0 Å². The highest BCUT2D eigenvalue weighted by Gasteiger charge is 2.22. The van der Waals surface area contributed by atoms with E-state index in [-0.39, 0.29) is 12.4 Å². The Labute approximate surface area is 85.7 Å². The molecular weight excluding hydrogens is 182 g/mol. The highest BCUT2D eigenvalue weighted by Crippen LogP contribution is 2.32. The predicted molar refractivity (Wildman–Crippen MR) is 58.3 cm³/mol. The van der Waals surface area contributed by atoms with E-state index in [9.17, 15) is 0 Å². The first kappa shape index (κ1) is 10.6. The lowest BCUT2D eigenvalue weighted by atomic mass is 9.98. The maximum absolute atomic E-state index is 5.86. The second kappa shape index (κ2) is 4.64. The van der Waals surface area contributed by atoms with Gasteiger partial charge in [0, 0.05) is 6.04 Å². The lowest BCUT2D eigenvalue weighted by Crippen LogP contribution is -2.14. The van der Waals surface area contributed by atoms with Crippen LogP contribution >= 0.6 is 12.4 Å². The van der Waals surface area contributed by atoms with Crippen molar-refractivity contribution in [2.75, 3.05) is 0 Å². The molecule has 13 heavy (non-hydrogen) atoms. The molecule has 2 atom stereocenters. The average molecular weight is 198 g/mol. The van der Waals surface area contributed by atoms with Crippen molar-refractivity contribution < 1.29 is 0 Å². The van der Waals surface area contributed by atoms with Crippen LogP contribution in [0.15, 0.2) is 30.3 Å². The van der Waals surface area contributed by atoms with Crippen molar-refractivity contribution in [1.82, 2.24) is 0 Å². The summed E-state index contributed by atoms with van der Waals surface area (Å²) in [6.45, 7) is 0. The van der Waals surface area contributed by atoms with Gasteiger partial charge in [-0.1, -0.05) is 30.3 Å². The SMILES string of the molecule is Cl.N[C@H]1CC[C@@H](c2ccccc2)C1. The van der Waals surface area contributed by atoms with Crippen LogP contribution in [0.4, 0.5) is 0 Å². The molecule has 0 bridgehead atoms. The summed E-state index contributed by atoms with van der Waals surface area (Å²) in [6.07, 6.45) is 3.63. The van der Waals surface area contributed by atoms with Crippen LogP contribution < -0.4 is 5.73 Å². The average Bonchev–Trinajstić information content (AvgIpc) is 2.54. The van der Waals surface area contributed by atoms with Crippen LogP contribution in [0, 0.1) is 0 Å². The third-order valence-electron chi connectivity index (χ3n) is 2.74. The number of benzene rings is 1. The van der Waals surface area contributed by atoms with Crippen molar-refractivity contribution in [2.24, 2.45) is 5.73 Å². The minimum absolute atomic E-state index is 0. The van der Waals surface area contributed by atoms with Gasteiger partial charge in [-0.05, 0) is 30.7 Å². The maximum Gasteiger partial charge on any atom is 0.00448 e. The summed E-state index contributed by atoms with van der Waals surface area (Å²) in [5.41, 5.74) is 7.33. The Bertz CT molecular complexity index is 248. The minimum atomic E-state index is 0. The van der Waals surface area contributed by atoms with Gasteiger partial charge in [0.15, 0.2) is 0 Å². The monoisotopic (exact) mass is 197 g/mol. The first-order valence-electron chi connectivity index (χ1n) is 4.67. The van der Waals surface area contributed by atoms with Gasteiger partial charge in [0.25, 0.3) is 0 Å². The van der Waals surface area contributed by atoms with Crippen molar-refractivity contribution in [3.63, 3.8) is 0 Å². The Kier molecular flexibility index (Phi) is 3.76. The molecule has 1 aliphatic rings. The van der Waals surface area contributed by atoms with Gasteiger partial charge < -0.3 is 5.73 Å². The number of nitrogens with two attached hydrogens (primary N) is 1. The Balaban J connectivity index is 0.000000845. The number of halogens is 1. The standard InChI is InChI=1S/C11H15N.ClH/c12-11-7-6-10(8-11)9-4-2-1-3-5-9;/h1-5,10-11H,6-8,12H2;1H/t10-,11+;/m1./s1. The van der Waals surface area contributed by atoms with E-state index in [0.717, 1.165) is 5.92 Å². The summed E-state index contributed by atoms with van der Waals surface area (Å²) in [4.78, 5) is 0. The molecule has 1 nitrogen and oxygen atoms in total. The summed E-state index contributed by atoms with van der Waals surface area (Å²) in [7, 11) is 0. The summed E-state index contributed by atoms with van der Waals surface area (Å²) in [5.74, 6) is 0.723. The molecule has 1 aliphatic carbocycles. The largest absolute Gasteiger partial charge is 0.328 e. The van der Waals surface area contributed by atoms with Crippen LogP contribution in [-0.4, -0.2) is 6.04 Å². The molecular formula is C11H16ClN. The van der Waals surface area contributed by atoms with Crippen molar-refractivity contribution in [1.29, 1.82) is 0 Å². The fraction of sp³-hybridized carbons (Fsp3) is 0.455. The molecule has 0 amide bonds. The van der Waals surface area contributed by atoms with E-state index in [2.05, 4.69) is 30.3 Å². The molecule has 0 unspecified atom stereocenters. The van der Waals surface area contributed by atoms with Crippen LogP contribution in [-0.2, 0) is 0 Å². The Morgan fingerprint density at radius 2 is 1.77 bits per heavy atom. The molecule has 1 saturated carbocycles. The zero-order valence-electron chi connectivity index (χ0n) is 7.65. The first-order chi connectivity index (χ1) is 5.86. The van der Waals surface area contributed by atoms with Gasteiger partial charge in [-0.3, -0.25) is 0 Å². The quantitative estimate of drug-likeness (QED) is 0.736. The molecule has 2 heteroatoms. The number of hydrogen-bond donors (Lipinski definition) is 1. The molecule has 0 radical (unpaired) electrons. The molecule has 0 aliphatic heterocycles. The van der Waals surface area contributed by atoms with E-state index >= 15 is 0 Å². The van der Waals surface area contributed by atoms with Crippen LogP contribution in [0.25, 0.3) is 0 Å². The molecule has 1 fully saturated rings. The summed E-state index contributed by atoms with van der Waals surface area (Å²) >= 11 is 0. The summed E-state index contributed by atoms with van der Waals surface area (Å²) in [5, 5.41) is 0. The van der Waals surface area contributed by atoms with E-state index in [0.29, 0.717) is 6.04 Å². The van der Waals surface area contributed by atoms with Crippen molar-refractivity contribution in [3.05, 3.63) is 35.9 Å². The Morgan fingerprint density at radius 3 is 2.31 bits per heavy atom. The van der Waals surface area contributed by atoms with Gasteiger partial charge in [-0.2, -0.15) is 0 Å². The van der Waals surface area contributed by atoms with Gasteiger partial charge >= 0.3 is 0 Å². The van der Waals surface area contributed by atoms with Gasteiger partial charge in [0.05, 0.1) is 0 Å². The Hall–Kier alpha value is -0.530. The van der Waals surface area contributed by atoms with Crippen LogP contribution in [0.5, 0.6) is 0 Å². The molecule has 72 valence electrons. The minimum Gasteiger partial charge on any atom is -0.328 e. The van der Waals surface area contributed by atoms with Crippen molar-refractivity contribution >= 4 is 12.4 Å². The molecule has 1 aromatic carbocycles. The zero-order valence-corrected chi connectivity index (χ0v) is 8.46. The lowest BCUT2D eigenvalue weighted by Gasteiger charge is -2.08. The molecule has 2 N–H and O–H groups in total. The van der Waals surface area contributed by atoms with Gasteiger partial charge in [0.2, 0.25) is 0 Å². The van der Waals surface area contributed by atoms with E-state index < -0.39 is 0 Å². The molecule has 2 rings (SSSR count). The zero-order chi connectivity index (χ0) is 8.39. The number of rotatable bonds is 1. The Morgan fingerprint density at radius 1 is 1.08 bits per heavy atom. The van der Waals surface area contributed by atoms with E-state index in [1.807, 2.05) is 0 Å². The van der Waals surface area contributed by atoms with E-state index in [4.69, 9.17) is 5.73 Å². The second-order valence-electron chi connectivity index (χ2n) is 3.68. The van der Waals surface area contributed by atoms with Crippen LogP contribution in [0.3, 0.4) is 0 Å². The third-order valence-corrected chi connectivity index (χ3v) is 2.74. The van der Waals surface area contributed by atoms with Crippen molar-refractivity contribution in [3.8, 4) is 0 Å². The molecule has 0 aromatic heterocycles. The summed E-state index contributed by atoms with van der Waals surface area (Å²) < 4.78 is 0. The fourth-order valence-electron chi connectivity index (χ4n) is 2.04. The highest BCUT2D eigenvalue weighted by atomic mass is 35.5. The molecule has 1 aromatic rings. The molecule has 0 heterocycles. The highest BCUT2D eigenvalue weighted by molar-refractivity contribution is 5.85. The number of hydrogen-bond acceptors (Lipinski definition) is 1. The maximum atomic E-state index is 5.86. The smallest absolute Gasteiger partial charge is 0.00448 e. The van der Waals surface area contributed by atoms with Crippen molar-refractivity contribution in [2.45, 2.75) is 31.2 Å².